The number of rotatable bonds is 2. The molecule has 1 unspecified atom stereocenters. The fourth-order valence-electron chi connectivity index (χ4n) is 3.04. The molecule has 0 saturated carbocycles. The second-order valence-electron chi connectivity index (χ2n) is 6.09. The minimum atomic E-state index is -0.477. The lowest BCUT2D eigenvalue weighted by molar-refractivity contribution is 0.0969. The average Bonchev–Trinajstić information content (AvgIpc) is 2.56. The molecule has 124 valence electrons. The molecule has 1 N–H and O–H groups in total. The van der Waals surface area contributed by atoms with E-state index in [1.165, 1.54) is 23.1 Å². The van der Waals surface area contributed by atoms with Gasteiger partial charge in [0.2, 0.25) is 0 Å². The monoisotopic (exact) mass is 326 g/mol. The third-order valence-corrected chi connectivity index (χ3v) is 4.30. The Morgan fingerprint density at radius 3 is 2.67 bits per heavy atom. The van der Waals surface area contributed by atoms with Crippen molar-refractivity contribution in [3.8, 4) is 0 Å². The zero-order valence-electron chi connectivity index (χ0n) is 13.6. The molecule has 0 aromatic heterocycles. The maximum atomic E-state index is 13.5. The number of carbonyl (C=O) groups is 2. The van der Waals surface area contributed by atoms with Gasteiger partial charge in [0.25, 0.3) is 0 Å². The summed E-state index contributed by atoms with van der Waals surface area (Å²) in [6.45, 7) is 3.72. The van der Waals surface area contributed by atoms with Gasteiger partial charge in [-0.15, -0.1) is 0 Å². The summed E-state index contributed by atoms with van der Waals surface area (Å²) in [6, 6.07) is 12.8. The molecule has 2 aromatic carbocycles. The minimum Gasteiger partial charge on any atom is -0.331 e. The quantitative estimate of drug-likeness (QED) is 0.904. The van der Waals surface area contributed by atoms with Gasteiger partial charge in [-0.3, -0.25) is 9.69 Å². The van der Waals surface area contributed by atoms with E-state index in [-0.39, 0.29) is 35.9 Å². The zero-order chi connectivity index (χ0) is 17.3. The number of hydrogen-bond donors (Lipinski definition) is 1. The van der Waals surface area contributed by atoms with E-state index in [1.54, 1.807) is 0 Å². The molecule has 2 aromatic rings. The van der Waals surface area contributed by atoms with Crippen LogP contribution in [0.5, 0.6) is 0 Å². The van der Waals surface area contributed by atoms with Crippen molar-refractivity contribution in [3.63, 3.8) is 0 Å². The van der Waals surface area contributed by atoms with Gasteiger partial charge in [-0.1, -0.05) is 30.3 Å². The first-order chi connectivity index (χ1) is 11.5. The van der Waals surface area contributed by atoms with E-state index in [1.807, 2.05) is 44.2 Å². The van der Waals surface area contributed by atoms with Crippen LogP contribution in [0, 0.1) is 5.82 Å². The molecular formula is C19H19FN2O2. The number of nitrogens with zero attached hydrogens (tertiary/aromatic N) is 1. The van der Waals surface area contributed by atoms with Crippen LogP contribution >= 0.6 is 0 Å². The normalized spacial score (nSPS) is 18.0. The SMILES string of the molecule is CC1CC(=O)c2cc(F)ccc2N1C(=O)N[C@@H](C)c1ccccc1. The van der Waals surface area contributed by atoms with Crippen molar-refractivity contribution < 1.29 is 14.0 Å². The largest absolute Gasteiger partial charge is 0.331 e. The second kappa shape index (κ2) is 6.43. The summed E-state index contributed by atoms with van der Waals surface area (Å²) in [5, 5.41) is 2.95. The van der Waals surface area contributed by atoms with Gasteiger partial charge in [0.15, 0.2) is 5.78 Å². The fourth-order valence-corrected chi connectivity index (χ4v) is 3.04. The van der Waals surface area contributed by atoms with E-state index in [9.17, 15) is 14.0 Å². The molecule has 0 saturated heterocycles. The maximum absolute atomic E-state index is 13.5. The number of carbonyl (C=O) groups excluding carboxylic acids is 2. The first-order valence-corrected chi connectivity index (χ1v) is 7.95. The number of hydrogen-bond acceptors (Lipinski definition) is 2. The highest BCUT2D eigenvalue weighted by molar-refractivity contribution is 6.09. The van der Waals surface area contributed by atoms with Gasteiger partial charge in [0.1, 0.15) is 5.82 Å². The van der Waals surface area contributed by atoms with E-state index in [4.69, 9.17) is 0 Å². The number of nitrogens with one attached hydrogen (secondary N) is 1. The topological polar surface area (TPSA) is 49.4 Å². The lowest BCUT2D eigenvalue weighted by Crippen LogP contribution is -2.49. The lowest BCUT2D eigenvalue weighted by atomic mass is 9.95. The van der Waals surface area contributed by atoms with Crippen LogP contribution in [0.4, 0.5) is 14.9 Å². The summed E-state index contributed by atoms with van der Waals surface area (Å²) in [6.07, 6.45) is 0.184. The Kier molecular flexibility index (Phi) is 4.34. The minimum absolute atomic E-state index is 0.142. The molecule has 5 heteroatoms. The van der Waals surface area contributed by atoms with Gasteiger partial charge < -0.3 is 5.32 Å². The maximum Gasteiger partial charge on any atom is 0.322 e. The Labute approximate surface area is 140 Å². The van der Waals surface area contributed by atoms with Crippen molar-refractivity contribution in [2.24, 2.45) is 0 Å². The van der Waals surface area contributed by atoms with E-state index >= 15 is 0 Å². The highest BCUT2D eigenvalue weighted by Crippen LogP contribution is 2.31. The Hall–Kier alpha value is -2.69. The van der Waals surface area contributed by atoms with Crippen molar-refractivity contribution in [3.05, 3.63) is 65.5 Å². The van der Waals surface area contributed by atoms with Gasteiger partial charge in [-0.05, 0) is 37.6 Å². The Balaban J connectivity index is 1.87. The fraction of sp³-hybridized carbons (Fsp3) is 0.263. The summed E-state index contributed by atoms with van der Waals surface area (Å²) < 4.78 is 13.5. The molecule has 0 fully saturated rings. The van der Waals surface area contributed by atoms with Crippen LogP contribution in [0.3, 0.4) is 0 Å². The molecule has 2 amide bonds. The van der Waals surface area contributed by atoms with E-state index < -0.39 is 5.82 Å². The molecule has 0 radical (unpaired) electrons. The summed E-state index contributed by atoms with van der Waals surface area (Å²) in [5.41, 5.74) is 1.71. The molecule has 0 spiro atoms. The molecule has 4 nitrogen and oxygen atoms in total. The molecule has 1 aliphatic heterocycles. The van der Waals surface area contributed by atoms with Crippen molar-refractivity contribution >= 4 is 17.5 Å². The number of urea groups is 1. The van der Waals surface area contributed by atoms with Crippen LogP contribution in [0.2, 0.25) is 0 Å². The van der Waals surface area contributed by atoms with E-state index in [0.717, 1.165) is 5.56 Å². The van der Waals surface area contributed by atoms with E-state index in [2.05, 4.69) is 5.32 Å². The van der Waals surface area contributed by atoms with Crippen LogP contribution in [0.25, 0.3) is 0 Å². The Morgan fingerprint density at radius 2 is 1.96 bits per heavy atom. The molecule has 1 aliphatic rings. The smallest absolute Gasteiger partial charge is 0.322 e. The first kappa shape index (κ1) is 16.2. The van der Waals surface area contributed by atoms with Gasteiger partial charge in [0.05, 0.1) is 11.7 Å². The number of halogens is 1. The molecule has 24 heavy (non-hydrogen) atoms. The van der Waals surface area contributed by atoms with Crippen molar-refractivity contribution in [1.29, 1.82) is 0 Å². The van der Waals surface area contributed by atoms with Gasteiger partial charge in [0, 0.05) is 18.0 Å². The van der Waals surface area contributed by atoms with Crippen LogP contribution in [-0.2, 0) is 0 Å². The lowest BCUT2D eigenvalue weighted by Gasteiger charge is -2.35. The van der Waals surface area contributed by atoms with Gasteiger partial charge in [-0.2, -0.15) is 0 Å². The number of fused-ring (bicyclic) bond motifs is 1. The van der Waals surface area contributed by atoms with Crippen molar-refractivity contribution in [1.82, 2.24) is 5.32 Å². The predicted molar refractivity (Wildman–Crippen MR) is 90.7 cm³/mol. The van der Waals surface area contributed by atoms with Gasteiger partial charge >= 0.3 is 6.03 Å². The van der Waals surface area contributed by atoms with Crippen molar-refractivity contribution in [2.45, 2.75) is 32.4 Å². The highest BCUT2D eigenvalue weighted by atomic mass is 19.1. The standard InChI is InChI=1S/C19H19FN2O2/c1-12-10-18(23)16-11-15(20)8-9-17(16)22(12)19(24)21-13(2)14-6-4-3-5-7-14/h3-9,11-13H,10H2,1-2H3,(H,21,24)/t12?,13-/m0/s1. The third kappa shape index (κ3) is 3.02. The number of benzene rings is 2. The summed E-state index contributed by atoms with van der Waals surface area (Å²) >= 11 is 0. The molecule has 0 aliphatic carbocycles. The van der Waals surface area contributed by atoms with Crippen LogP contribution in [-0.4, -0.2) is 17.9 Å². The van der Waals surface area contributed by atoms with Crippen LogP contribution < -0.4 is 10.2 Å². The first-order valence-electron chi connectivity index (χ1n) is 7.95. The molecular weight excluding hydrogens is 307 g/mol. The van der Waals surface area contributed by atoms with Crippen LogP contribution in [0.15, 0.2) is 48.5 Å². The van der Waals surface area contributed by atoms with Gasteiger partial charge in [-0.25, -0.2) is 9.18 Å². The summed E-state index contributed by atoms with van der Waals surface area (Å²) in [5.74, 6) is -0.619. The molecule has 1 heterocycles. The predicted octanol–water partition coefficient (Wildman–Crippen LogP) is 4.08. The number of amides is 2. The molecule has 2 atom stereocenters. The zero-order valence-corrected chi connectivity index (χ0v) is 13.6. The average molecular weight is 326 g/mol. The number of anilines is 1. The summed E-state index contributed by atoms with van der Waals surface area (Å²) in [4.78, 5) is 26.4. The third-order valence-electron chi connectivity index (χ3n) is 4.30. The van der Waals surface area contributed by atoms with Crippen LogP contribution in [0.1, 0.15) is 42.2 Å². The summed E-state index contributed by atoms with van der Waals surface area (Å²) in [7, 11) is 0. The Morgan fingerprint density at radius 1 is 1.25 bits per heavy atom. The second-order valence-corrected chi connectivity index (χ2v) is 6.09. The molecule has 0 bridgehead atoms. The highest BCUT2D eigenvalue weighted by Gasteiger charge is 2.33. The molecule has 3 rings (SSSR count). The van der Waals surface area contributed by atoms with E-state index in [0.29, 0.717) is 5.69 Å². The number of ketones is 1. The Bertz CT molecular complexity index is 776. The number of Topliss-reactive ketones (excluding diaryl/α,β-unsaturated/α-hetero) is 1. The van der Waals surface area contributed by atoms with Crippen molar-refractivity contribution in [2.75, 3.05) is 4.90 Å².